The van der Waals surface area contributed by atoms with Crippen molar-refractivity contribution in [1.82, 2.24) is 20.2 Å². The van der Waals surface area contributed by atoms with Crippen molar-refractivity contribution in [3.8, 4) is 0 Å². The van der Waals surface area contributed by atoms with Gasteiger partial charge in [-0.15, -0.1) is 11.3 Å². The van der Waals surface area contributed by atoms with Crippen molar-refractivity contribution >= 4 is 33.3 Å². The second-order valence-corrected chi connectivity index (χ2v) is 9.40. The van der Waals surface area contributed by atoms with E-state index in [0.717, 1.165) is 54.3 Å². The molecule has 0 saturated heterocycles. The zero-order valence-corrected chi connectivity index (χ0v) is 18.7. The molecule has 3 aromatic rings. The van der Waals surface area contributed by atoms with Gasteiger partial charge in [-0.05, 0) is 55.5 Å². The van der Waals surface area contributed by atoms with E-state index in [9.17, 15) is 4.79 Å². The largest absolute Gasteiger partial charge is 0.383 e. The highest BCUT2D eigenvalue weighted by molar-refractivity contribution is 7.19. The number of nitrogen functional groups attached to an aromatic ring is 1. The van der Waals surface area contributed by atoms with E-state index in [1.54, 1.807) is 18.4 Å². The molecule has 30 heavy (non-hydrogen) atoms. The van der Waals surface area contributed by atoms with E-state index < -0.39 is 0 Å². The van der Waals surface area contributed by atoms with E-state index in [0.29, 0.717) is 11.4 Å². The molecule has 0 spiro atoms. The molecule has 158 valence electrons. The molecule has 7 heteroatoms. The van der Waals surface area contributed by atoms with Crippen molar-refractivity contribution in [1.29, 1.82) is 0 Å². The highest BCUT2D eigenvalue weighted by atomic mass is 32.1. The first-order valence-corrected chi connectivity index (χ1v) is 11.3. The Morgan fingerprint density at radius 2 is 2.07 bits per heavy atom. The summed E-state index contributed by atoms with van der Waals surface area (Å²) < 4.78 is 0. The number of likely N-dealkylation sites (N-methyl/N-ethyl adjacent to an activating group) is 1. The number of carbonyl (C=O) groups excluding carboxylic acids is 1. The Morgan fingerprint density at radius 3 is 2.80 bits per heavy atom. The minimum Gasteiger partial charge on any atom is -0.383 e. The molecule has 0 radical (unpaired) electrons. The number of fused-ring (bicyclic) bond motifs is 3. The third-order valence-electron chi connectivity index (χ3n) is 5.84. The lowest BCUT2D eigenvalue weighted by Gasteiger charge is -2.18. The summed E-state index contributed by atoms with van der Waals surface area (Å²) in [6.45, 7) is 3.96. The number of carbonyl (C=O) groups is 1. The number of anilines is 1. The maximum absolute atomic E-state index is 11.7. The number of nitrogens with zero attached hydrogens (tertiary/aromatic N) is 3. The first kappa shape index (κ1) is 20.8. The molecule has 4 rings (SSSR count). The molecule has 6 nitrogen and oxygen atoms in total. The fourth-order valence-electron chi connectivity index (χ4n) is 4.12. The average molecular weight is 424 g/mol. The minimum absolute atomic E-state index is 0.0650. The lowest BCUT2D eigenvalue weighted by molar-refractivity contribution is 0.0963. The normalized spacial score (nSPS) is 16.1. The number of rotatable bonds is 6. The summed E-state index contributed by atoms with van der Waals surface area (Å²) in [6, 6.07) is 7.72. The number of nitrogens with one attached hydrogen (secondary N) is 1. The van der Waals surface area contributed by atoms with Crippen LogP contribution in [0, 0.1) is 5.92 Å². The summed E-state index contributed by atoms with van der Waals surface area (Å²) in [5, 5.41) is 3.74. The second kappa shape index (κ2) is 8.70. The fraction of sp³-hybridized carbons (Fsp3) is 0.435. The highest BCUT2D eigenvalue weighted by Gasteiger charge is 2.23. The Bertz CT molecular complexity index is 1060. The van der Waals surface area contributed by atoms with Crippen LogP contribution in [-0.4, -0.2) is 41.4 Å². The van der Waals surface area contributed by atoms with Crippen LogP contribution in [0.2, 0.25) is 0 Å². The van der Waals surface area contributed by atoms with Crippen LogP contribution in [0.15, 0.2) is 24.3 Å². The first-order valence-electron chi connectivity index (χ1n) is 10.5. The maximum atomic E-state index is 11.7. The van der Waals surface area contributed by atoms with E-state index in [-0.39, 0.29) is 5.91 Å². The Balaban J connectivity index is 1.41. The van der Waals surface area contributed by atoms with Crippen molar-refractivity contribution in [3.05, 3.63) is 51.7 Å². The predicted molar refractivity (Wildman–Crippen MR) is 123 cm³/mol. The van der Waals surface area contributed by atoms with E-state index in [2.05, 4.69) is 29.2 Å². The Morgan fingerprint density at radius 1 is 1.30 bits per heavy atom. The number of benzene rings is 1. The molecule has 0 fully saturated rings. The number of nitrogens with two attached hydrogens (primary N) is 1. The number of thiophene rings is 1. The molecule has 0 saturated carbocycles. The highest BCUT2D eigenvalue weighted by Crippen LogP contribution is 2.39. The third-order valence-corrected chi connectivity index (χ3v) is 6.99. The van der Waals surface area contributed by atoms with Gasteiger partial charge in [0.25, 0.3) is 5.91 Å². The van der Waals surface area contributed by atoms with Gasteiger partial charge in [-0.1, -0.05) is 19.1 Å². The molecule has 1 aliphatic carbocycles. The van der Waals surface area contributed by atoms with Gasteiger partial charge >= 0.3 is 0 Å². The molecular weight excluding hydrogens is 394 g/mol. The maximum Gasteiger partial charge on any atom is 0.251 e. The predicted octanol–water partition coefficient (Wildman–Crippen LogP) is 3.43. The van der Waals surface area contributed by atoms with Crippen molar-refractivity contribution in [2.24, 2.45) is 5.92 Å². The zero-order valence-electron chi connectivity index (χ0n) is 17.9. The van der Waals surface area contributed by atoms with Crippen molar-refractivity contribution in [2.45, 2.75) is 39.2 Å². The van der Waals surface area contributed by atoms with E-state index >= 15 is 0 Å². The van der Waals surface area contributed by atoms with Gasteiger partial charge in [-0.2, -0.15) is 0 Å². The van der Waals surface area contributed by atoms with Gasteiger partial charge in [0, 0.05) is 37.0 Å². The molecule has 2 heterocycles. The number of hydrogen-bond donors (Lipinski definition) is 2. The summed E-state index contributed by atoms with van der Waals surface area (Å²) in [5.74, 6) is 2.12. The van der Waals surface area contributed by atoms with Gasteiger partial charge < -0.3 is 16.0 Å². The van der Waals surface area contributed by atoms with Gasteiger partial charge in [-0.3, -0.25) is 4.79 Å². The lowest BCUT2D eigenvalue weighted by atomic mass is 9.89. The molecule has 2 aromatic heterocycles. The molecule has 1 amide bonds. The van der Waals surface area contributed by atoms with Crippen molar-refractivity contribution < 1.29 is 4.79 Å². The molecular formula is C23H29N5OS. The standard InChI is InChI=1S/C23H29N5OS/c1-14-4-9-17-18(12-14)30-23-20(17)21(24)26-19(27-23)10-11-28(3)13-15-5-7-16(8-6-15)22(29)25-2/h5-8,14H,4,9-13H2,1-3H3,(H,25,29)(H2,24,26,27). The van der Waals surface area contributed by atoms with E-state index in [1.807, 2.05) is 24.3 Å². The van der Waals surface area contributed by atoms with Crippen LogP contribution < -0.4 is 11.1 Å². The number of aryl methyl sites for hydroxylation is 1. The summed E-state index contributed by atoms with van der Waals surface area (Å²) in [7, 11) is 3.72. The van der Waals surface area contributed by atoms with Crippen LogP contribution in [0.5, 0.6) is 0 Å². The monoisotopic (exact) mass is 423 g/mol. The van der Waals surface area contributed by atoms with Crippen LogP contribution in [-0.2, 0) is 25.8 Å². The first-order chi connectivity index (χ1) is 14.4. The van der Waals surface area contributed by atoms with Gasteiger partial charge in [0.05, 0.1) is 5.39 Å². The van der Waals surface area contributed by atoms with Crippen LogP contribution in [0.3, 0.4) is 0 Å². The molecule has 1 unspecified atom stereocenters. The summed E-state index contributed by atoms with van der Waals surface area (Å²) in [6.07, 6.45) is 4.19. The second-order valence-electron chi connectivity index (χ2n) is 8.32. The summed E-state index contributed by atoms with van der Waals surface area (Å²) in [5.41, 5.74) is 9.58. The fourth-order valence-corrected chi connectivity index (χ4v) is 5.53. The third kappa shape index (κ3) is 4.32. The lowest BCUT2D eigenvalue weighted by Crippen LogP contribution is -2.22. The Labute approximate surface area is 181 Å². The molecule has 0 bridgehead atoms. The van der Waals surface area contributed by atoms with Crippen LogP contribution in [0.4, 0.5) is 5.82 Å². The van der Waals surface area contributed by atoms with Crippen LogP contribution in [0.1, 0.15) is 45.5 Å². The zero-order chi connectivity index (χ0) is 21.3. The molecule has 0 aliphatic heterocycles. The Kier molecular flexibility index (Phi) is 6.01. The van der Waals surface area contributed by atoms with Crippen LogP contribution >= 0.6 is 11.3 Å². The van der Waals surface area contributed by atoms with E-state index in [4.69, 9.17) is 10.7 Å². The van der Waals surface area contributed by atoms with Crippen molar-refractivity contribution in [3.63, 3.8) is 0 Å². The number of hydrogen-bond acceptors (Lipinski definition) is 6. The summed E-state index contributed by atoms with van der Waals surface area (Å²) in [4.78, 5) is 25.9. The van der Waals surface area contributed by atoms with Gasteiger partial charge in [0.15, 0.2) is 0 Å². The van der Waals surface area contributed by atoms with Gasteiger partial charge in [0.2, 0.25) is 0 Å². The van der Waals surface area contributed by atoms with Crippen molar-refractivity contribution in [2.75, 3.05) is 26.4 Å². The molecule has 3 N–H and O–H groups in total. The van der Waals surface area contributed by atoms with Gasteiger partial charge in [-0.25, -0.2) is 9.97 Å². The van der Waals surface area contributed by atoms with Crippen LogP contribution in [0.25, 0.3) is 10.2 Å². The smallest absolute Gasteiger partial charge is 0.251 e. The average Bonchev–Trinajstić information content (AvgIpc) is 3.10. The molecule has 1 atom stereocenters. The minimum atomic E-state index is -0.0650. The SMILES string of the molecule is CNC(=O)c1ccc(CN(C)CCc2nc(N)c3c4c(sc3n2)CC(C)CC4)cc1. The molecule has 1 aromatic carbocycles. The number of aromatic nitrogens is 2. The number of amides is 1. The topological polar surface area (TPSA) is 84.1 Å². The van der Waals surface area contributed by atoms with Gasteiger partial charge in [0.1, 0.15) is 16.5 Å². The Hall–Kier alpha value is -2.51. The summed E-state index contributed by atoms with van der Waals surface area (Å²) >= 11 is 1.80. The quantitative estimate of drug-likeness (QED) is 0.635. The van der Waals surface area contributed by atoms with E-state index in [1.165, 1.54) is 22.4 Å². The molecule has 1 aliphatic rings.